The molecular formula is C32H38N4O2. The van der Waals surface area contributed by atoms with Crippen molar-refractivity contribution in [2.75, 3.05) is 13.2 Å². The van der Waals surface area contributed by atoms with Crippen LogP contribution in [0.1, 0.15) is 54.5 Å². The van der Waals surface area contributed by atoms with Gasteiger partial charge in [0, 0.05) is 0 Å². The Hall–Kier alpha value is -3.32. The number of nitrogens with one attached hydrogen (secondary N) is 1. The molecule has 4 aromatic rings. The number of rotatable bonds is 7. The lowest BCUT2D eigenvalue weighted by molar-refractivity contribution is -0.0505. The van der Waals surface area contributed by atoms with Crippen LogP contribution in [-0.2, 0) is 23.3 Å². The number of aliphatic hydroxyl groups is 1. The van der Waals surface area contributed by atoms with Crippen LogP contribution in [0.15, 0.2) is 97.2 Å². The van der Waals surface area contributed by atoms with Gasteiger partial charge in [-0.15, -0.1) is 5.10 Å². The Bertz CT molecular complexity index is 1130. The molecule has 198 valence electrons. The van der Waals surface area contributed by atoms with Crippen LogP contribution in [0.4, 0.5) is 0 Å². The predicted molar refractivity (Wildman–Crippen MR) is 150 cm³/mol. The summed E-state index contributed by atoms with van der Waals surface area (Å²) in [6, 6.07) is 30.7. The number of hydrogen-bond acceptors (Lipinski definition) is 5. The molecule has 0 unspecified atom stereocenters. The first-order chi connectivity index (χ1) is 18.8. The molecule has 0 bridgehead atoms. The van der Waals surface area contributed by atoms with E-state index < -0.39 is 11.7 Å². The number of fused-ring (bicyclic) bond motifs is 1. The molecule has 0 aliphatic carbocycles. The maximum Gasteiger partial charge on any atom is 0.143 e. The number of benzene rings is 3. The SMILES string of the molecule is O[C@H](COC(c1ccccc1)(c1ccccc1)c1ccccc1)[C@H]1Cn2nncc2CCCCCCCN1. The minimum Gasteiger partial charge on any atom is -0.389 e. The molecule has 0 saturated heterocycles. The van der Waals surface area contributed by atoms with E-state index in [2.05, 4.69) is 52.0 Å². The van der Waals surface area contributed by atoms with Gasteiger partial charge >= 0.3 is 0 Å². The van der Waals surface area contributed by atoms with Gasteiger partial charge in [-0.3, -0.25) is 0 Å². The van der Waals surface area contributed by atoms with Crippen molar-refractivity contribution in [3.8, 4) is 0 Å². The van der Waals surface area contributed by atoms with Crippen LogP contribution in [0.3, 0.4) is 0 Å². The van der Waals surface area contributed by atoms with Crippen molar-refractivity contribution in [1.29, 1.82) is 0 Å². The molecule has 0 amide bonds. The van der Waals surface area contributed by atoms with Gasteiger partial charge in [-0.1, -0.05) is 115 Å². The summed E-state index contributed by atoms with van der Waals surface area (Å²) in [5.74, 6) is 0. The smallest absolute Gasteiger partial charge is 0.143 e. The summed E-state index contributed by atoms with van der Waals surface area (Å²) < 4.78 is 8.86. The molecule has 1 aromatic heterocycles. The number of aryl methyl sites for hydroxylation is 1. The Morgan fingerprint density at radius 2 is 1.37 bits per heavy atom. The zero-order chi connectivity index (χ0) is 26.0. The average molecular weight is 511 g/mol. The van der Waals surface area contributed by atoms with Gasteiger partial charge in [0.25, 0.3) is 0 Å². The summed E-state index contributed by atoms with van der Waals surface area (Å²) in [5, 5.41) is 23.7. The highest BCUT2D eigenvalue weighted by molar-refractivity contribution is 5.47. The fourth-order valence-electron chi connectivity index (χ4n) is 5.48. The third-order valence-electron chi connectivity index (χ3n) is 7.56. The standard InChI is InChI=1S/C32H38N4O2/c37-31(30-24-36-29(23-34-35-36)21-13-2-1-3-14-22-33-30)25-38-32(26-15-7-4-8-16-26,27-17-9-5-10-18-27)28-19-11-6-12-20-28/h4-12,15-20,23,30-31,33,37H,1-3,13-14,21-22,24-25H2/t30-,31-/m1/s1. The lowest BCUT2D eigenvalue weighted by Gasteiger charge is -2.37. The van der Waals surface area contributed by atoms with Crippen LogP contribution < -0.4 is 5.32 Å². The van der Waals surface area contributed by atoms with Gasteiger partial charge in [0.05, 0.1) is 37.2 Å². The topological polar surface area (TPSA) is 72.2 Å². The van der Waals surface area contributed by atoms with E-state index in [1.165, 1.54) is 19.3 Å². The summed E-state index contributed by atoms with van der Waals surface area (Å²) in [5.41, 5.74) is 3.33. The second-order valence-electron chi connectivity index (χ2n) is 10.1. The third kappa shape index (κ3) is 6.04. The molecule has 0 fully saturated rings. The van der Waals surface area contributed by atoms with Crippen LogP contribution in [0.25, 0.3) is 0 Å². The third-order valence-corrected chi connectivity index (χ3v) is 7.56. The molecule has 0 radical (unpaired) electrons. The zero-order valence-electron chi connectivity index (χ0n) is 22.0. The molecular weight excluding hydrogens is 472 g/mol. The maximum atomic E-state index is 11.6. The molecule has 6 nitrogen and oxygen atoms in total. The Morgan fingerprint density at radius 1 is 0.816 bits per heavy atom. The van der Waals surface area contributed by atoms with Crippen molar-refractivity contribution in [2.24, 2.45) is 0 Å². The lowest BCUT2D eigenvalue weighted by Crippen LogP contribution is -2.47. The summed E-state index contributed by atoms with van der Waals surface area (Å²) >= 11 is 0. The van der Waals surface area contributed by atoms with Crippen molar-refractivity contribution < 1.29 is 9.84 Å². The van der Waals surface area contributed by atoms with Gasteiger partial charge in [0.1, 0.15) is 5.60 Å². The second kappa shape index (κ2) is 13.0. The van der Waals surface area contributed by atoms with Gasteiger partial charge in [0.2, 0.25) is 0 Å². The fourth-order valence-corrected chi connectivity index (χ4v) is 5.48. The molecule has 5 rings (SSSR count). The van der Waals surface area contributed by atoms with Crippen molar-refractivity contribution >= 4 is 0 Å². The predicted octanol–water partition coefficient (Wildman–Crippen LogP) is 5.11. The van der Waals surface area contributed by atoms with Gasteiger partial charge in [-0.2, -0.15) is 0 Å². The first-order valence-corrected chi connectivity index (χ1v) is 13.9. The van der Waals surface area contributed by atoms with Crippen LogP contribution >= 0.6 is 0 Å². The summed E-state index contributed by atoms with van der Waals surface area (Å²) in [6.45, 7) is 1.56. The van der Waals surface area contributed by atoms with Crippen molar-refractivity contribution in [1.82, 2.24) is 20.3 Å². The second-order valence-corrected chi connectivity index (χ2v) is 10.1. The average Bonchev–Trinajstić information content (AvgIpc) is 3.41. The van der Waals surface area contributed by atoms with E-state index in [4.69, 9.17) is 4.74 Å². The van der Waals surface area contributed by atoms with Crippen LogP contribution in [0, 0.1) is 0 Å². The highest BCUT2D eigenvalue weighted by atomic mass is 16.5. The lowest BCUT2D eigenvalue weighted by atomic mass is 9.80. The minimum absolute atomic E-state index is 0.153. The summed E-state index contributed by atoms with van der Waals surface area (Å²) in [4.78, 5) is 0. The molecule has 0 spiro atoms. The Labute approximate surface area is 225 Å². The Morgan fingerprint density at radius 3 is 1.97 bits per heavy atom. The first kappa shape index (κ1) is 26.3. The number of nitrogens with zero attached hydrogens (tertiary/aromatic N) is 3. The zero-order valence-corrected chi connectivity index (χ0v) is 22.0. The van der Waals surface area contributed by atoms with E-state index in [0.717, 1.165) is 48.2 Å². The van der Waals surface area contributed by atoms with Crippen molar-refractivity contribution in [3.63, 3.8) is 0 Å². The fraction of sp³-hybridized carbons (Fsp3) is 0.375. The van der Waals surface area contributed by atoms with E-state index >= 15 is 0 Å². The highest BCUT2D eigenvalue weighted by Gasteiger charge is 2.38. The molecule has 0 saturated carbocycles. The summed E-state index contributed by atoms with van der Waals surface area (Å²) in [6.07, 6.45) is 7.97. The van der Waals surface area contributed by atoms with E-state index in [9.17, 15) is 5.11 Å². The first-order valence-electron chi connectivity index (χ1n) is 13.9. The van der Waals surface area contributed by atoms with E-state index in [1.54, 1.807) is 0 Å². The molecule has 6 heteroatoms. The molecule has 2 N–H and O–H groups in total. The van der Waals surface area contributed by atoms with Crippen molar-refractivity contribution in [3.05, 3.63) is 120 Å². The van der Waals surface area contributed by atoms with Gasteiger partial charge in [-0.25, -0.2) is 4.68 Å². The molecule has 1 aliphatic heterocycles. The number of aromatic nitrogens is 3. The highest BCUT2D eigenvalue weighted by Crippen LogP contribution is 2.40. The van der Waals surface area contributed by atoms with Gasteiger partial charge in [-0.05, 0) is 42.5 Å². The quantitative estimate of drug-likeness (QED) is 0.338. The minimum atomic E-state index is -0.867. The van der Waals surface area contributed by atoms with Crippen LogP contribution in [0.2, 0.25) is 0 Å². The number of hydrogen-bond donors (Lipinski definition) is 2. The monoisotopic (exact) mass is 510 g/mol. The molecule has 2 heterocycles. The van der Waals surface area contributed by atoms with E-state index in [1.807, 2.05) is 65.5 Å². The largest absolute Gasteiger partial charge is 0.389 e. The Balaban J connectivity index is 1.46. The summed E-state index contributed by atoms with van der Waals surface area (Å²) in [7, 11) is 0. The van der Waals surface area contributed by atoms with E-state index in [0.29, 0.717) is 6.54 Å². The van der Waals surface area contributed by atoms with Crippen molar-refractivity contribution in [2.45, 2.75) is 62.8 Å². The molecule has 2 atom stereocenters. The normalized spacial score (nSPS) is 18.1. The molecule has 3 aromatic carbocycles. The van der Waals surface area contributed by atoms with Gasteiger partial charge < -0.3 is 15.2 Å². The number of ether oxygens (including phenoxy) is 1. The van der Waals surface area contributed by atoms with Gasteiger partial charge in [0.15, 0.2) is 0 Å². The molecule has 1 aliphatic rings. The molecule has 38 heavy (non-hydrogen) atoms. The van der Waals surface area contributed by atoms with Crippen LogP contribution in [0.5, 0.6) is 0 Å². The Kier molecular flexibility index (Phi) is 8.97. The van der Waals surface area contributed by atoms with E-state index in [-0.39, 0.29) is 12.6 Å². The number of aliphatic hydroxyl groups excluding tert-OH is 1. The van der Waals surface area contributed by atoms with Crippen LogP contribution in [-0.4, -0.2) is 45.4 Å². The maximum absolute atomic E-state index is 11.6.